The normalized spacial score (nSPS) is 10.5. The monoisotopic (exact) mass is 325 g/mol. The maximum absolute atomic E-state index is 12.8. The Morgan fingerprint density at radius 1 is 0.957 bits per heavy atom. The summed E-state index contributed by atoms with van der Waals surface area (Å²) in [7, 11) is 0. The molecule has 0 aliphatic carbocycles. The molecule has 0 unspecified atom stereocenters. The third kappa shape index (κ3) is 4.27. The SMILES string of the molecule is O=C(Cc1ccc(F)cc1)NCc1ccc(-c2ccccc2)s1. The molecule has 0 saturated heterocycles. The highest BCUT2D eigenvalue weighted by molar-refractivity contribution is 7.15. The summed E-state index contributed by atoms with van der Waals surface area (Å²) >= 11 is 1.67. The van der Waals surface area contributed by atoms with Gasteiger partial charge in [0.05, 0.1) is 13.0 Å². The Hall–Kier alpha value is -2.46. The van der Waals surface area contributed by atoms with E-state index >= 15 is 0 Å². The third-order valence-electron chi connectivity index (χ3n) is 3.46. The van der Waals surface area contributed by atoms with Gasteiger partial charge in [-0.3, -0.25) is 4.79 Å². The summed E-state index contributed by atoms with van der Waals surface area (Å²) in [5.41, 5.74) is 1.99. The first kappa shape index (κ1) is 15.4. The topological polar surface area (TPSA) is 29.1 Å². The molecule has 0 fully saturated rings. The lowest BCUT2D eigenvalue weighted by atomic mass is 10.1. The highest BCUT2D eigenvalue weighted by Gasteiger charge is 2.06. The molecule has 23 heavy (non-hydrogen) atoms. The number of thiophene rings is 1. The number of benzene rings is 2. The van der Waals surface area contributed by atoms with E-state index in [1.165, 1.54) is 22.6 Å². The molecule has 0 saturated carbocycles. The highest BCUT2D eigenvalue weighted by Crippen LogP contribution is 2.27. The van der Waals surface area contributed by atoms with Gasteiger partial charge in [-0.15, -0.1) is 11.3 Å². The van der Waals surface area contributed by atoms with Gasteiger partial charge in [-0.1, -0.05) is 42.5 Å². The summed E-state index contributed by atoms with van der Waals surface area (Å²) in [6.45, 7) is 0.511. The van der Waals surface area contributed by atoms with Crippen molar-refractivity contribution in [2.45, 2.75) is 13.0 Å². The number of amides is 1. The van der Waals surface area contributed by atoms with Crippen molar-refractivity contribution >= 4 is 17.2 Å². The number of rotatable bonds is 5. The van der Waals surface area contributed by atoms with E-state index in [0.717, 1.165) is 10.4 Å². The van der Waals surface area contributed by atoms with Crippen molar-refractivity contribution in [2.75, 3.05) is 0 Å². The molecule has 0 atom stereocenters. The van der Waals surface area contributed by atoms with E-state index < -0.39 is 0 Å². The van der Waals surface area contributed by atoms with Crippen molar-refractivity contribution in [3.8, 4) is 10.4 Å². The molecule has 0 aliphatic heterocycles. The predicted molar refractivity (Wildman–Crippen MR) is 91.7 cm³/mol. The molecule has 0 radical (unpaired) electrons. The first-order chi connectivity index (χ1) is 11.2. The third-order valence-corrected chi connectivity index (χ3v) is 4.59. The summed E-state index contributed by atoms with van der Waals surface area (Å²) in [5.74, 6) is -0.354. The van der Waals surface area contributed by atoms with Gasteiger partial charge in [0.25, 0.3) is 0 Å². The molecule has 0 aliphatic rings. The molecule has 3 aromatic rings. The minimum absolute atomic E-state index is 0.0636. The Labute approximate surface area is 138 Å². The fourth-order valence-electron chi connectivity index (χ4n) is 2.27. The maximum atomic E-state index is 12.8. The smallest absolute Gasteiger partial charge is 0.224 e. The zero-order valence-corrected chi connectivity index (χ0v) is 13.3. The van der Waals surface area contributed by atoms with Gasteiger partial charge >= 0.3 is 0 Å². The lowest BCUT2D eigenvalue weighted by Crippen LogP contribution is -2.24. The van der Waals surface area contributed by atoms with Crippen molar-refractivity contribution in [3.63, 3.8) is 0 Å². The van der Waals surface area contributed by atoms with Crippen LogP contribution in [-0.4, -0.2) is 5.91 Å². The van der Waals surface area contributed by atoms with E-state index in [-0.39, 0.29) is 18.1 Å². The molecule has 3 rings (SSSR count). The minimum atomic E-state index is -0.291. The molecular weight excluding hydrogens is 309 g/mol. The van der Waals surface area contributed by atoms with Crippen LogP contribution in [-0.2, 0) is 17.8 Å². The van der Waals surface area contributed by atoms with Gasteiger partial charge in [0.2, 0.25) is 5.91 Å². The van der Waals surface area contributed by atoms with E-state index in [1.807, 2.05) is 24.3 Å². The van der Waals surface area contributed by atoms with Crippen LogP contribution >= 0.6 is 11.3 Å². The summed E-state index contributed by atoms with van der Waals surface area (Å²) in [5, 5.41) is 2.90. The van der Waals surface area contributed by atoms with Crippen molar-refractivity contribution < 1.29 is 9.18 Å². The lowest BCUT2D eigenvalue weighted by molar-refractivity contribution is -0.120. The van der Waals surface area contributed by atoms with Crippen LogP contribution in [0.15, 0.2) is 66.7 Å². The molecule has 0 spiro atoms. The van der Waals surface area contributed by atoms with Crippen molar-refractivity contribution in [1.82, 2.24) is 5.32 Å². The lowest BCUT2D eigenvalue weighted by Gasteiger charge is -2.04. The van der Waals surface area contributed by atoms with Gasteiger partial charge in [-0.2, -0.15) is 0 Å². The molecular formula is C19H16FNOS. The first-order valence-corrected chi connectivity index (χ1v) is 8.17. The second-order valence-electron chi connectivity index (χ2n) is 5.21. The van der Waals surface area contributed by atoms with E-state index in [1.54, 1.807) is 23.5 Å². The molecule has 1 N–H and O–H groups in total. The van der Waals surface area contributed by atoms with Crippen LogP contribution in [0, 0.1) is 5.82 Å². The maximum Gasteiger partial charge on any atom is 0.224 e. The van der Waals surface area contributed by atoms with Crippen LogP contribution in [0.25, 0.3) is 10.4 Å². The molecule has 4 heteroatoms. The Balaban J connectivity index is 1.55. The number of nitrogens with one attached hydrogen (secondary N) is 1. The van der Waals surface area contributed by atoms with Crippen LogP contribution in [0.1, 0.15) is 10.4 Å². The van der Waals surface area contributed by atoms with Gasteiger partial charge in [0.1, 0.15) is 5.82 Å². The Morgan fingerprint density at radius 2 is 1.70 bits per heavy atom. The molecule has 1 amide bonds. The largest absolute Gasteiger partial charge is 0.351 e. The number of carbonyl (C=O) groups excluding carboxylic acids is 1. The van der Waals surface area contributed by atoms with E-state index in [0.29, 0.717) is 6.54 Å². The van der Waals surface area contributed by atoms with Crippen LogP contribution < -0.4 is 5.32 Å². The molecule has 116 valence electrons. The van der Waals surface area contributed by atoms with Gasteiger partial charge in [0.15, 0.2) is 0 Å². The average molecular weight is 325 g/mol. The molecule has 2 nitrogen and oxygen atoms in total. The van der Waals surface area contributed by atoms with Gasteiger partial charge in [-0.25, -0.2) is 4.39 Å². The average Bonchev–Trinajstić information content (AvgIpc) is 3.05. The Morgan fingerprint density at radius 3 is 2.43 bits per heavy atom. The predicted octanol–water partition coefficient (Wildman–Crippen LogP) is 4.41. The van der Waals surface area contributed by atoms with Gasteiger partial charge in [0, 0.05) is 9.75 Å². The standard InChI is InChI=1S/C19H16FNOS/c20-16-8-6-14(7-9-16)12-19(22)21-13-17-10-11-18(23-17)15-4-2-1-3-5-15/h1-11H,12-13H2,(H,21,22). The molecule has 0 bridgehead atoms. The second kappa shape index (κ2) is 7.20. The second-order valence-corrected chi connectivity index (χ2v) is 6.38. The summed E-state index contributed by atoms with van der Waals surface area (Å²) in [6.07, 6.45) is 0.261. The first-order valence-electron chi connectivity index (χ1n) is 7.36. The molecule has 1 heterocycles. The Bertz CT molecular complexity index is 781. The van der Waals surface area contributed by atoms with E-state index in [4.69, 9.17) is 0 Å². The van der Waals surface area contributed by atoms with E-state index in [9.17, 15) is 9.18 Å². The number of hydrogen-bond acceptors (Lipinski definition) is 2. The van der Waals surface area contributed by atoms with E-state index in [2.05, 4.69) is 23.5 Å². The van der Waals surface area contributed by atoms with Gasteiger partial charge in [-0.05, 0) is 35.4 Å². The van der Waals surface area contributed by atoms with Crippen LogP contribution in [0.5, 0.6) is 0 Å². The van der Waals surface area contributed by atoms with Crippen molar-refractivity contribution in [2.24, 2.45) is 0 Å². The molecule has 2 aromatic carbocycles. The molecule has 1 aromatic heterocycles. The fourth-order valence-corrected chi connectivity index (χ4v) is 3.22. The zero-order valence-electron chi connectivity index (χ0n) is 12.5. The van der Waals surface area contributed by atoms with Crippen LogP contribution in [0.3, 0.4) is 0 Å². The van der Waals surface area contributed by atoms with Crippen molar-refractivity contribution in [1.29, 1.82) is 0 Å². The van der Waals surface area contributed by atoms with Crippen LogP contribution in [0.2, 0.25) is 0 Å². The number of halogens is 1. The quantitative estimate of drug-likeness (QED) is 0.739. The Kier molecular flexibility index (Phi) is 4.83. The summed E-state index contributed by atoms with van der Waals surface area (Å²) in [4.78, 5) is 14.2. The fraction of sp³-hybridized carbons (Fsp3) is 0.105. The summed E-state index contributed by atoms with van der Waals surface area (Å²) < 4.78 is 12.8. The highest BCUT2D eigenvalue weighted by atomic mass is 32.1. The summed E-state index contributed by atoms with van der Waals surface area (Å²) in [6, 6.07) is 20.3. The zero-order chi connectivity index (χ0) is 16.1. The minimum Gasteiger partial charge on any atom is -0.351 e. The van der Waals surface area contributed by atoms with Gasteiger partial charge < -0.3 is 5.32 Å². The van der Waals surface area contributed by atoms with Crippen LogP contribution in [0.4, 0.5) is 4.39 Å². The van der Waals surface area contributed by atoms with Crippen molar-refractivity contribution in [3.05, 3.63) is 83.0 Å². The number of carbonyl (C=O) groups is 1. The number of hydrogen-bond donors (Lipinski definition) is 1.